The third kappa shape index (κ3) is 3.25. The van der Waals surface area contributed by atoms with Crippen LogP contribution >= 0.6 is 24.2 Å². The van der Waals surface area contributed by atoms with E-state index in [1.54, 1.807) is 0 Å². The van der Waals surface area contributed by atoms with Gasteiger partial charge >= 0.3 is 0 Å². The molecule has 2 heterocycles. The topological polar surface area (TPSA) is 32.3 Å². The SMILES string of the molecule is CC1CN(C(=O)[C@H]2C[C@H](F)CN2)CCS1.Cl. The summed E-state index contributed by atoms with van der Waals surface area (Å²) in [6, 6.07) is -0.282. The van der Waals surface area contributed by atoms with E-state index in [4.69, 9.17) is 0 Å². The highest BCUT2D eigenvalue weighted by atomic mass is 35.5. The van der Waals surface area contributed by atoms with Crippen molar-refractivity contribution in [3.05, 3.63) is 0 Å². The average Bonchev–Trinajstić information content (AvgIpc) is 2.64. The van der Waals surface area contributed by atoms with Crippen molar-refractivity contribution in [2.75, 3.05) is 25.4 Å². The Morgan fingerprint density at radius 3 is 2.88 bits per heavy atom. The van der Waals surface area contributed by atoms with Gasteiger partial charge in [0.25, 0.3) is 0 Å². The fourth-order valence-electron chi connectivity index (χ4n) is 2.12. The van der Waals surface area contributed by atoms with Crippen molar-refractivity contribution in [1.29, 1.82) is 0 Å². The first-order valence-electron chi connectivity index (χ1n) is 5.44. The van der Waals surface area contributed by atoms with Gasteiger partial charge in [-0.3, -0.25) is 4.79 Å². The number of nitrogens with zero attached hydrogens (tertiary/aromatic N) is 1. The fraction of sp³-hybridized carbons (Fsp3) is 0.900. The Balaban J connectivity index is 0.00000128. The molecule has 3 atom stereocenters. The number of alkyl halides is 1. The van der Waals surface area contributed by atoms with Crippen LogP contribution in [0.2, 0.25) is 0 Å². The summed E-state index contributed by atoms with van der Waals surface area (Å²) in [6.45, 7) is 4.07. The van der Waals surface area contributed by atoms with Crippen molar-refractivity contribution in [1.82, 2.24) is 10.2 Å². The predicted octanol–water partition coefficient (Wildman–Crippen LogP) is 1.07. The van der Waals surface area contributed by atoms with E-state index in [0.29, 0.717) is 18.2 Å². The van der Waals surface area contributed by atoms with E-state index < -0.39 is 6.17 Å². The van der Waals surface area contributed by atoms with Crippen molar-refractivity contribution >= 4 is 30.1 Å². The smallest absolute Gasteiger partial charge is 0.239 e. The first kappa shape index (κ1) is 14.1. The lowest BCUT2D eigenvalue weighted by molar-refractivity contribution is -0.133. The number of hydrogen-bond donors (Lipinski definition) is 1. The van der Waals surface area contributed by atoms with Gasteiger partial charge in [0.2, 0.25) is 5.91 Å². The van der Waals surface area contributed by atoms with E-state index in [1.165, 1.54) is 0 Å². The zero-order valence-electron chi connectivity index (χ0n) is 9.32. The van der Waals surface area contributed by atoms with E-state index in [9.17, 15) is 9.18 Å². The molecular weight excluding hydrogens is 251 g/mol. The molecule has 2 saturated heterocycles. The number of hydrogen-bond acceptors (Lipinski definition) is 3. The van der Waals surface area contributed by atoms with Crippen LogP contribution in [0.15, 0.2) is 0 Å². The lowest BCUT2D eigenvalue weighted by Crippen LogP contribution is -2.48. The summed E-state index contributed by atoms with van der Waals surface area (Å²) in [7, 11) is 0. The maximum Gasteiger partial charge on any atom is 0.239 e. The molecule has 1 unspecified atom stereocenters. The second kappa shape index (κ2) is 6.07. The van der Waals surface area contributed by atoms with Crippen LogP contribution in [0.1, 0.15) is 13.3 Å². The summed E-state index contributed by atoms with van der Waals surface area (Å²) < 4.78 is 12.9. The lowest BCUT2D eigenvalue weighted by atomic mass is 10.2. The fourth-order valence-corrected chi connectivity index (χ4v) is 3.13. The number of halogens is 2. The zero-order chi connectivity index (χ0) is 10.8. The summed E-state index contributed by atoms with van der Waals surface area (Å²) >= 11 is 1.89. The van der Waals surface area contributed by atoms with Gasteiger partial charge in [-0.15, -0.1) is 12.4 Å². The number of nitrogens with one attached hydrogen (secondary N) is 1. The molecule has 0 spiro atoms. The molecule has 2 aliphatic rings. The predicted molar refractivity (Wildman–Crippen MR) is 67.1 cm³/mol. The van der Waals surface area contributed by atoms with Gasteiger partial charge in [0.1, 0.15) is 6.17 Å². The second-order valence-electron chi connectivity index (χ2n) is 4.26. The van der Waals surface area contributed by atoms with Crippen LogP contribution in [-0.2, 0) is 4.79 Å². The summed E-state index contributed by atoms with van der Waals surface area (Å²) in [5, 5.41) is 3.45. The van der Waals surface area contributed by atoms with E-state index in [0.717, 1.165) is 18.8 Å². The highest BCUT2D eigenvalue weighted by Gasteiger charge is 2.33. The largest absolute Gasteiger partial charge is 0.339 e. The van der Waals surface area contributed by atoms with Crippen LogP contribution in [0.4, 0.5) is 4.39 Å². The zero-order valence-corrected chi connectivity index (χ0v) is 11.0. The first-order valence-corrected chi connectivity index (χ1v) is 6.49. The van der Waals surface area contributed by atoms with Gasteiger partial charge in [-0.25, -0.2) is 4.39 Å². The van der Waals surface area contributed by atoms with E-state index >= 15 is 0 Å². The van der Waals surface area contributed by atoms with Crippen LogP contribution in [0.3, 0.4) is 0 Å². The maximum absolute atomic E-state index is 12.9. The number of amides is 1. The van der Waals surface area contributed by atoms with Crippen molar-refractivity contribution in [3.63, 3.8) is 0 Å². The standard InChI is InChI=1S/C10H17FN2OS.ClH/c1-7-6-13(2-3-15-7)10(14)9-4-8(11)5-12-9;/h7-9,12H,2-6H2,1H3;1H/t7?,8-,9+;/m0./s1. The van der Waals surface area contributed by atoms with E-state index in [-0.39, 0.29) is 24.4 Å². The minimum atomic E-state index is -0.851. The van der Waals surface area contributed by atoms with Crippen LogP contribution in [0.5, 0.6) is 0 Å². The Hall–Kier alpha value is -0.000000000000000167. The molecule has 0 radical (unpaired) electrons. The number of rotatable bonds is 1. The minimum Gasteiger partial charge on any atom is -0.339 e. The molecule has 2 aliphatic heterocycles. The molecule has 1 amide bonds. The van der Waals surface area contributed by atoms with Gasteiger partial charge in [-0.05, 0) is 0 Å². The molecule has 0 aromatic rings. The summed E-state index contributed by atoms with van der Waals surface area (Å²) in [5.41, 5.74) is 0. The van der Waals surface area contributed by atoms with Gasteiger partial charge in [0.05, 0.1) is 6.04 Å². The highest BCUT2D eigenvalue weighted by molar-refractivity contribution is 7.99. The number of thioether (sulfide) groups is 1. The van der Waals surface area contributed by atoms with Crippen LogP contribution in [-0.4, -0.2) is 53.7 Å². The molecule has 0 bridgehead atoms. The van der Waals surface area contributed by atoms with Crippen LogP contribution in [0.25, 0.3) is 0 Å². The number of carbonyl (C=O) groups is 1. The molecule has 0 aliphatic carbocycles. The third-order valence-electron chi connectivity index (χ3n) is 2.93. The van der Waals surface area contributed by atoms with Gasteiger partial charge < -0.3 is 10.2 Å². The molecule has 0 aromatic heterocycles. The normalized spacial score (nSPS) is 34.6. The molecule has 3 nitrogen and oxygen atoms in total. The lowest BCUT2D eigenvalue weighted by Gasteiger charge is -2.32. The Labute approximate surface area is 106 Å². The van der Waals surface area contributed by atoms with Gasteiger partial charge in [0, 0.05) is 37.1 Å². The van der Waals surface area contributed by atoms with E-state index in [2.05, 4.69) is 12.2 Å². The minimum absolute atomic E-state index is 0. The quantitative estimate of drug-likeness (QED) is 0.772. The Morgan fingerprint density at radius 1 is 1.56 bits per heavy atom. The highest BCUT2D eigenvalue weighted by Crippen LogP contribution is 2.20. The third-order valence-corrected chi connectivity index (χ3v) is 4.06. The van der Waals surface area contributed by atoms with Crippen molar-refractivity contribution in [2.24, 2.45) is 0 Å². The molecule has 1 N–H and O–H groups in total. The monoisotopic (exact) mass is 268 g/mol. The first-order chi connectivity index (χ1) is 7.16. The molecule has 94 valence electrons. The molecule has 0 aromatic carbocycles. The van der Waals surface area contributed by atoms with Crippen molar-refractivity contribution in [2.45, 2.75) is 30.8 Å². The van der Waals surface area contributed by atoms with Gasteiger partial charge in [0.15, 0.2) is 0 Å². The Kier molecular flexibility index (Phi) is 5.34. The molecule has 2 fully saturated rings. The Morgan fingerprint density at radius 2 is 2.31 bits per heavy atom. The summed E-state index contributed by atoms with van der Waals surface area (Å²) in [4.78, 5) is 13.9. The van der Waals surface area contributed by atoms with Crippen molar-refractivity contribution in [3.8, 4) is 0 Å². The molecular formula is C10H18ClFN2OS. The second-order valence-corrected chi connectivity index (χ2v) is 5.81. The van der Waals surface area contributed by atoms with Crippen LogP contribution in [0, 0.1) is 0 Å². The molecule has 2 rings (SSSR count). The van der Waals surface area contributed by atoms with Crippen molar-refractivity contribution < 1.29 is 9.18 Å². The number of carbonyl (C=O) groups excluding carboxylic acids is 1. The van der Waals surface area contributed by atoms with Gasteiger partial charge in [-0.2, -0.15) is 11.8 Å². The summed E-state index contributed by atoms with van der Waals surface area (Å²) in [6.07, 6.45) is -0.507. The molecule has 0 saturated carbocycles. The van der Waals surface area contributed by atoms with E-state index in [1.807, 2.05) is 16.7 Å². The molecule has 6 heteroatoms. The van der Waals surface area contributed by atoms with Crippen LogP contribution < -0.4 is 5.32 Å². The summed E-state index contributed by atoms with van der Waals surface area (Å²) in [5.74, 6) is 1.08. The Bertz CT molecular complexity index is 257. The molecule has 16 heavy (non-hydrogen) atoms. The van der Waals surface area contributed by atoms with Gasteiger partial charge in [-0.1, -0.05) is 6.92 Å². The average molecular weight is 269 g/mol. The maximum atomic E-state index is 12.9.